The summed E-state index contributed by atoms with van der Waals surface area (Å²) < 4.78 is 0. The van der Waals surface area contributed by atoms with Crippen molar-refractivity contribution in [1.82, 2.24) is 25.4 Å². The van der Waals surface area contributed by atoms with Crippen LogP contribution in [-0.4, -0.2) is 78.0 Å². The van der Waals surface area contributed by atoms with Gasteiger partial charge in [0.05, 0.1) is 0 Å². The zero-order chi connectivity index (χ0) is 21.0. The number of ketones is 1. The van der Waals surface area contributed by atoms with Gasteiger partial charge >= 0.3 is 6.03 Å². The standard InChI is InChI=1S/C22H29N5O2S/c1-17-4-5-18(15-24-17)20(28)22(7-8-23-16-22)25-21(29)27-12-10-26(11-13-27)9-6-19-3-2-14-30-19/h2-5,14-15,23H,6-13,16H2,1H3,(H,25,29)/t22-/m1/s1. The lowest BCUT2D eigenvalue weighted by molar-refractivity contribution is 0.0850. The van der Waals surface area contributed by atoms with Gasteiger partial charge < -0.3 is 15.5 Å². The van der Waals surface area contributed by atoms with E-state index in [-0.39, 0.29) is 11.8 Å². The summed E-state index contributed by atoms with van der Waals surface area (Å²) in [4.78, 5) is 36.1. The largest absolute Gasteiger partial charge is 0.324 e. The van der Waals surface area contributed by atoms with Crippen LogP contribution >= 0.6 is 11.3 Å². The normalized spacial score (nSPS) is 22.2. The van der Waals surface area contributed by atoms with Crippen LogP contribution in [0.4, 0.5) is 4.79 Å². The molecule has 0 unspecified atom stereocenters. The molecule has 4 heterocycles. The van der Waals surface area contributed by atoms with Crippen LogP contribution in [-0.2, 0) is 6.42 Å². The quantitative estimate of drug-likeness (QED) is 0.689. The Balaban J connectivity index is 1.33. The van der Waals surface area contributed by atoms with E-state index in [0.29, 0.717) is 38.2 Å². The van der Waals surface area contributed by atoms with Crippen molar-refractivity contribution in [2.75, 3.05) is 45.8 Å². The molecule has 0 saturated carbocycles. The van der Waals surface area contributed by atoms with Crippen molar-refractivity contribution in [2.45, 2.75) is 25.3 Å². The topological polar surface area (TPSA) is 77.6 Å². The zero-order valence-corrected chi connectivity index (χ0v) is 18.2. The molecule has 2 aromatic rings. The van der Waals surface area contributed by atoms with E-state index in [9.17, 15) is 9.59 Å². The number of Topliss-reactive ketones (excluding diaryl/α,β-unsaturated/α-hetero) is 1. The molecular weight excluding hydrogens is 398 g/mol. The molecule has 0 bridgehead atoms. The van der Waals surface area contributed by atoms with Crippen molar-refractivity contribution in [2.24, 2.45) is 0 Å². The number of piperazine rings is 1. The van der Waals surface area contributed by atoms with Crippen molar-refractivity contribution >= 4 is 23.2 Å². The number of nitrogens with zero attached hydrogens (tertiary/aromatic N) is 3. The predicted octanol–water partition coefficient (Wildman–Crippen LogP) is 1.94. The van der Waals surface area contributed by atoms with Crippen LogP contribution in [0.2, 0.25) is 0 Å². The Hall–Kier alpha value is -2.29. The smallest absolute Gasteiger partial charge is 0.318 e. The van der Waals surface area contributed by atoms with Gasteiger partial charge in [-0.15, -0.1) is 11.3 Å². The van der Waals surface area contributed by atoms with Crippen molar-refractivity contribution in [3.05, 3.63) is 52.0 Å². The molecule has 30 heavy (non-hydrogen) atoms. The van der Waals surface area contributed by atoms with Gasteiger partial charge in [0, 0.05) is 61.6 Å². The number of carbonyl (C=O) groups is 2. The molecule has 2 aliphatic rings. The molecule has 2 saturated heterocycles. The minimum Gasteiger partial charge on any atom is -0.324 e. The number of nitrogens with one attached hydrogen (secondary N) is 2. The van der Waals surface area contributed by atoms with Crippen LogP contribution in [0.25, 0.3) is 0 Å². The molecule has 2 N–H and O–H groups in total. The highest BCUT2D eigenvalue weighted by Crippen LogP contribution is 2.22. The highest BCUT2D eigenvalue weighted by Gasteiger charge is 2.44. The van der Waals surface area contributed by atoms with Crippen molar-refractivity contribution in [1.29, 1.82) is 0 Å². The average molecular weight is 428 g/mol. The maximum absolute atomic E-state index is 13.2. The van der Waals surface area contributed by atoms with Gasteiger partial charge in [-0.2, -0.15) is 0 Å². The number of thiophene rings is 1. The Kier molecular flexibility index (Phi) is 6.46. The monoisotopic (exact) mass is 427 g/mol. The van der Waals surface area contributed by atoms with Crippen LogP contribution in [0.5, 0.6) is 0 Å². The Bertz CT molecular complexity index is 854. The van der Waals surface area contributed by atoms with Crippen LogP contribution in [0.15, 0.2) is 35.8 Å². The summed E-state index contributed by atoms with van der Waals surface area (Å²) in [6.45, 7) is 7.15. The average Bonchev–Trinajstić information content (AvgIpc) is 3.45. The molecule has 0 spiro atoms. The van der Waals surface area contributed by atoms with E-state index in [4.69, 9.17) is 0 Å². The van der Waals surface area contributed by atoms with Crippen molar-refractivity contribution < 1.29 is 9.59 Å². The van der Waals surface area contributed by atoms with E-state index in [2.05, 4.69) is 38.0 Å². The summed E-state index contributed by atoms with van der Waals surface area (Å²) in [5, 5.41) is 8.42. The predicted molar refractivity (Wildman–Crippen MR) is 118 cm³/mol. The second-order valence-electron chi connectivity index (χ2n) is 8.11. The summed E-state index contributed by atoms with van der Waals surface area (Å²) >= 11 is 1.79. The van der Waals surface area contributed by atoms with Crippen LogP contribution in [0.1, 0.15) is 27.3 Å². The van der Waals surface area contributed by atoms with Crippen LogP contribution < -0.4 is 10.6 Å². The number of aryl methyl sites for hydroxylation is 1. The third-order valence-corrected chi connectivity index (χ3v) is 6.96. The van der Waals surface area contributed by atoms with Crippen molar-refractivity contribution in [3.8, 4) is 0 Å². The third-order valence-electron chi connectivity index (χ3n) is 6.02. The number of pyridine rings is 1. The van der Waals surface area contributed by atoms with Gasteiger partial charge in [-0.3, -0.25) is 14.7 Å². The van der Waals surface area contributed by atoms with Crippen LogP contribution in [0, 0.1) is 6.92 Å². The summed E-state index contributed by atoms with van der Waals surface area (Å²) in [6, 6.07) is 7.74. The van der Waals surface area contributed by atoms with Crippen LogP contribution in [0.3, 0.4) is 0 Å². The highest BCUT2D eigenvalue weighted by molar-refractivity contribution is 7.09. The zero-order valence-electron chi connectivity index (χ0n) is 17.4. The molecule has 0 aliphatic carbocycles. The van der Waals surface area contributed by atoms with Gasteiger partial charge in [0.1, 0.15) is 5.54 Å². The SMILES string of the molecule is Cc1ccc(C(=O)[C@@]2(NC(=O)N3CCN(CCc4cccs4)CC3)CCNC2)cn1. The van der Waals surface area contributed by atoms with Gasteiger partial charge in [0.25, 0.3) is 0 Å². The molecule has 2 fully saturated rings. The molecule has 7 nitrogen and oxygen atoms in total. The summed E-state index contributed by atoms with van der Waals surface area (Å²) in [6.07, 6.45) is 3.25. The number of hydrogen-bond acceptors (Lipinski definition) is 6. The highest BCUT2D eigenvalue weighted by atomic mass is 32.1. The molecule has 2 amide bonds. The molecule has 4 rings (SSSR count). The third kappa shape index (κ3) is 4.71. The molecule has 0 radical (unpaired) electrons. The second-order valence-corrected chi connectivity index (χ2v) is 9.15. The maximum Gasteiger partial charge on any atom is 0.318 e. The number of aromatic nitrogens is 1. The number of hydrogen-bond donors (Lipinski definition) is 2. The first-order chi connectivity index (χ1) is 14.6. The second kappa shape index (κ2) is 9.24. The summed E-state index contributed by atoms with van der Waals surface area (Å²) in [5.41, 5.74) is 0.513. The number of urea groups is 1. The molecule has 2 aromatic heterocycles. The Morgan fingerprint density at radius 1 is 1.23 bits per heavy atom. The van der Waals surface area contributed by atoms with Gasteiger partial charge in [0.2, 0.25) is 0 Å². The minimum absolute atomic E-state index is 0.0667. The molecule has 1 atom stereocenters. The fourth-order valence-electron chi connectivity index (χ4n) is 4.11. The Morgan fingerprint density at radius 3 is 2.70 bits per heavy atom. The van der Waals surface area contributed by atoms with E-state index < -0.39 is 5.54 Å². The lowest BCUT2D eigenvalue weighted by Crippen LogP contribution is -2.61. The van der Waals surface area contributed by atoms with Gasteiger partial charge in [-0.25, -0.2) is 4.79 Å². The Morgan fingerprint density at radius 2 is 2.07 bits per heavy atom. The van der Waals surface area contributed by atoms with Crippen molar-refractivity contribution in [3.63, 3.8) is 0 Å². The van der Waals surface area contributed by atoms with E-state index >= 15 is 0 Å². The fourth-order valence-corrected chi connectivity index (χ4v) is 4.81. The van der Waals surface area contributed by atoms with Gasteiger partial charge in [-0.1, -0.05) is 6.07 Å². The van der Waals surface area contributed by atoms with E-state index in [0.717, 1.165) is 31.7 Å². The first-order valence-corrected chi connectivity index (χ1v) is 11.4. The van der Waals surface area contributed by atoms with E-state index in [1.807, 2.05) is 17.9 Å². The number of rotatable bonds is 6. The summed E-state index contributed by atoms with van der Waals surface area (Å²) in [7, 11) is 0. The molecule has 8 heteroatoms. The van der Waals surface area contributed by atoms with Gasteiger partial charge in [0.15, 0.2) is 5.78 Å². The Labute approximate surface area is 181 Å². The molecular formula is C22H29N5O2S. The number of carbonyl (C=O) groups excluding carboxylic acids is 2. The lowest BCUT2D eigenvalue weighted by atomic mass is 9.89. The minimum atomic E-state index is -0.898. The fraction of sp³-hybridized carbons (Fsp3) is 0.500. The van der Waals surface area contributed by atoms with Gasteiger partial charge in [-0.05, 0) is 49.9 Å². The van der Waals surface area contributed by atoms with E-state index in [1.165, 1.54) is 4.88 Å². The molecule has 0 aromatic carbocycles. The first-order valence-electron chi connectivity index (χ1n) is 10.6. The lowest BCUT2D eigenvalue weighted by Gasteiger charge is -2.37. The molecule has 2 aliphatic heterocycles. The molecule has 160 valence electrons. The summed E-state index contributed by atoms with van der Waals surface area (Å²) in [5.74, 6) is -0.0667. The first kappa shape index (κ1) is 21.0. The maximum atomic E-state index is 13.2. The van der Waals surface area contributed by atoms with E-state index in [1.54, 1.807) is 23.6 Å². The number of amides is 2.